The van der Waals surface area contributed by atoms with Crippen LogP contribution in [0.3, 0.4) is 0 Å². The lowest BCUT2D eigenvalue weighted by Gasteiger charge is -2.35. The molecule has 2 aliphatic rings. The summed E-state index contributed by atoms with van der Waals surface area (Å²) < 4.78 is 0.699. The number of hydrogen-bond acceptors (Lipinski definition) is 3. The van der Waals surface area contributed by atoms with E-state index in [0.717, 1.165) is 12.8 Å². The predicted octanol–water partition coefficient (Wildman–Crippen LogP) is 1.54. The zero-order valence-electron chi connectivity index (χ0n) is 11.3. The number of piperidine rings is 1. The molecule has 0 saturated carbocycles. The first-order valence-electron chi connectivity index (χ1n) is 6.76. The van der Waals surface area contributed by atoms with E-state index < -0.39 is 0 Å². The molecule has 2 aliphatic heterocycles. The molecule has 1 aromatic rings. The summed E-state index contributed by atoms with van der Waals surface area (Å²) >= 11 is 3.37. The fraction of sp³-hybridized carbons (Fsp3) is 0.500. The maximum absolute atomic E-state index is 12.7. The average molecular weight is 338 g/mol. The molecule has 20 heavy (non-hydrogen) atoms. The number of halogens is 1. The summed E-state index contributed by atoms with van der Waals surface area (Å²) in [4.78, 5) is 32.5. The van der Waals surface area contributed by atoms with E-state index in [1.807, 2.05) is 11.0 Å². The van der Waals surface area contributed by atoms with Crippen molar-refractivity contribution in [2.75, 3.05) is 20.1 Å². The normalized spacial score (nSPS) is 25.8. The van der Waals surface area contributed by atoms with Crippen LogP contribution in [0.1, 0.15) is 23.3 Å². The number of likely N-dealkylation sites (tertiary alicyclic amines) is 2. The van der Waals surface area contributed by atoms with Crippen LogP contribution >= 0.6 is 15.9 Å². The van der Waals surface area contributed by atoms with Gasteiger partial charge in [-0.15, -0.1) is 0 Å². The van der Waals surface area contributed by atoms with Gasteiger partial charge in [0.1, 0.15) is 5.69 Å². The molecule has 3 heterocycles. The van der Waals surface area contributed by atoms with Gasteiger partial charge in [-0.2, -0.15) is 0 Å². The summed E-state index contributed by atoms with van der Waals surface area (Å²) in [5.41, 5.74) is 0.426. The minimum absolute atomic E-state index is 0.0114. The van der Waals surface area contributed by atoms with E-state index in [9.17, 15) is 9.59 Å². The fourth-order valence-corrected chi connectivity index (χ4v) is 3.58. The Hall–Kier alpha value is -1.43. The Balaban J connectivity index is 1.88. The second kappa shape index (κ2) is 5.16. The zero-order valence-corrected chi connectivity index (χ0v) is 12.8. The number of amides is 2. The molecule has 2 amide bonds. The van der Waals surface area contributed by atoms with Gasteiger partial charge in [-0.25, -0.2) is 4.98 Å². The molecule has 0 bridgehead atoms. The molecular weight excluding hydrogens is 322 g/mol. The van der Waals surface area contributed by atoms with Crippen LogP contribution in [-0.2, 0) is 4.79 Å². The molecule has 0 aromatic carbocycles. The number of rotatable bonds is 1. The van der Waals surface area contributed by atoms with E-state index >= 15 is 0 Å². The van der Waals surface area contributed by atoms with Crippen molar-refractivity contribution in [1.82, 2.24) is 14.8 Å². The summed E-state index contributed by atoms with van der Waals surface area (Å²) in [5.74, 6) is 0.0306. The molecule has 2 atom stereocenters. The highest BCUT2D eigenvalue weighted by Gasteiger charge is 2.45. The molecule has 5 nitrogen and oxygen atoms in total. The molecule has 2 fully saturated rings. The molecule has 0 unspecified atom stereocenters. The molecule has 0 N–H and O–H groups in total. The van der Waals surface area contributed by atoms with Crippen LogP contribution in [0.5, 0.6) is 0 Å². The van der Waals surface area contributed by atoms with Crippen molar-refractivity contribution in [3.05, 3.63) is 28.5 Å². The molecule has 106 valence electrons. The summed E-state index contributed by atoms with van der Waals surface area (Å²) in [5, 5.41) is 0. The minimum Gasteiger partial charge on any atom is -0.343 e. The van der Waals surface area contributed by atoms with Crippen molar-refractivity contribution in [3.8, 4) is 0 Å². The van der Waals surface area contributed by atoms with Gasteiger partial charge in [0.15, 0.2) is 0 Å². The third kappa shape index (κ3) is 2.12. The first kappa shape index (κ1) is 13.5. The average Bonchev–Trinajstić information content (AvgIpc) is 2.74. The van der Waals surface area contributed by atoms with Crippen LogP contribution in [0.4, 0.5) is 0 Å². The Bertz CT molecular complexity index is 563. The SMILES string of the molecule is CN1C[C@@H]2[C@@H](CCCN2C(=O)c2ncccc2Br)C1=O. The molecule has 0 radical (unpaired) electrons. The van der Waals surface area contributed by atoms with E-state index in [1.54, 1.807) is 24.2 Å². The van der Waals surface area contributed by atoms with Gasteiger partial charge in [0.05, 0.1) is 12.0 Å². The largest absolute Gasteiger partial charge is 0.343 e. The van der Waals surface area contributed by atoms with Crippen molar-refractivity contribution < 1.29 is 9.59 Å². The summed E-state index contributed by atoms with van der Waals surface area (Å²) in [6, 6.07) is 3.59. The molecular formula is C14H16BrN3O2. The van der Waals surface area contributed by atoms with Crippen LogP contribution < -0.4 is 0 Å². The van der Waals surface area contributed by atoms with Crippen LogP contribution in [0.2, 0.25) is 0 Å². The van der Waals surface area contributed by atoms with Gasteiger partial charge in [-0.3, -0.25) is 9.59 Å². The second-order valence-electron chi connectivity index (χ2n) is 5.37. The Morgan fingerprint density at radius 2 is 2.30 bits per heavy atom. The van der Waals surface area contributed by atoms with Crippen LogP contribution in [-0.4, -0.2) is 52.8 Å². The third-order valence-corrected chi connectivity index (χ3v) is 4.80. The first-order chi connectivity index (χ1) is 9.59. The Kier molecular flexibility index (Phi) is 3.50. The van der Waals surface area contributed by atoms with Crippen LogP contribution in [0, 0.1) is 5.92 Å². The predicted molar refractivity (Wildman–Crippen MR) is 77.1 cm³/mol. The summed E-state index contributed by atoms with van der Waals surface area (Å²) in [6.07, 6.45) is 3.36. The zero-order chi connectivity index (χ0) is 14.3. The lowest BCUT2D eigenvalue weighted by molar-refractivity contribution is -0.130. The lowest BCUT2D eigenvalue weighted by atomic mass is 9.91. The van der Waals surface area contributed by atoms with E-state index in [1.165, 1.54) is 0 Å². The highest BCUT2D eigenvalue weighted by atomic mass is 79.9. The van der Waals surface area contributed by atoms with Gasteiger partial charge in [0.25, 0.3) is 5.91 Å². The van der Waals surface area contributed by atoms with E-state index in [0.29, 0.717) is 23.3 Å². The highest BCUT2D eigenvalue weighted by molar-refractivity contribution is 9.10. The van der Waals surface area contributed by atoms with Gasteiger partial charge in [0.2, 0.25) is 5.91 Å². The van der Waals surface area contributed by atoms with Crippen molar-refractivity contribution in [1.29, 1.82) is 0 Å². The Morgan fingerprint density at radius 3 is 3.05 bits per heavy atom. The topological polar surface area (TPSA) is 53.5 Å². The number of pyridine rings is 1. The van der Waals surface area contributed by atoms with Crippen LogP contribution in [0.25, 0.3) is 0 Å². The number of likely N-dealkylation sites (N-methyl/N-ethyl adjacent to an activating group) is 1. The van der Waals surface area contributed by atoms with E-state index in [4.69, 9.17) is 0 Å². The van der Waals surface area contributed by atoms with E-state index in [2.05, 4.69) is 20.9 Å². The monoisotopic (exact) mass is 337 g/mol. The van der Waals surface area contributed by atoms with Gasteiger partial charge >= 0.3 is 0 Å². The fourth-order valence-electron chi connectivity index (χ4n) is 3.16. The maximum Gasteiger partial charge on any atom is 0.273 e. The van der Waals surface area contributed by atoms with E-state index in [-0.39, 0.29) is 23.8 Å². The minimum atomic E-state index is -0.0877. The van der Waals surface area contributed by atoms with Crippen molar-refractivity contribution in [2.45, 2.75) is 18.9 Å². The number of carbonyl (C=O) groups excluding carboxylic acids is 2. The molecule has 0 spiro atoms. The van der Waals surface area contributed by atoms with Crippen molar-refractivity contribution >= 4 is 27.7 Å². The lowest BCUT2D eigenvalue weighted by Crippen LogP contribution is -2.49. The Labute approximate surface area is 126 Å². The van der Waals surface area contributed by atoms with Gasteiger partial charge in [-0.05, 0) is 40.9 Å². The van der Waals surface area contributed by atoms with Crippen LogP contribution in [0.15, 0.2) is 22.8 Å². The highest BCUT2D eigenvalue weighted by Crippen LogP contribution is 2.32. The molecule has 2 saturated heterocycles. The maximum atomic E-state index is 12.7. The standard InChI is InChI=1S/C14H16BrN3O2/c1-17-8-11-9(13(17)19)4-3-7-18(11)14(20)12-10(15)5-2-6-16-12/h2,5-6,9,11H,3-4,7-8H2,1H3/t9-,11-/m1/s1. The second-order valence-corrected chi connectivity index (χ2v) is 6.22. The van der Waals surface area contributed by atoms with Gasteiger partial charge in [0, 0.05) is 30.8 Å². The number of fused-ring (bicyclic) bond motifs is 1. The number of carbonyl (C=O) groups is 2. The first-order valence-corrected chi connectivity index (χ1v) is 7.55. The van der Waals surface area contributed by atoms with Gasteiger partial charge in [-0.1, -0.05) is 0 Å². The number of hydrogen-bond donors (Lipinski definition) is 0. The quantitative estimate of drug-likeness (QED) is 0.781. The van der Waals surface area contributed by atoms with Crippen molar-refractivity contribution in [2.24, 2.45) is 5.92 Å². The summed E-state index contributed by atoms with van der Waals surface area (Å²) in [6.45, 7) is 1.32. The molecule has 6 heteroatoms. The molecule has 1 aromatic heterocycles. The number of aromatic nitrogens is 1. The molecule has 0 aliphatic carbocycles. The third-order valence-electron chi connectivity index (χ3n) is 4.16. The number of nitrogens with zero attached hydrogens (tertiary/aromatic N) is 3. The van der Waals surface area contributed by atoms with Crippen molar-refractivity contribution in [3.63, 3.8) is 0 Å². The smallest absolute Gasteiger partial charge is 0.273 e. The van der Waals surface area contributed by atoms with Gasteiger partial charge < -0.3 is 9.80 Å². The Morgan fingerprint density at radius 1 is 1.50 bits per heavy atom. The molecule has 3 rings (SSSR count). The summed E-state index contributed by atoms with van der Waals surface area (Å²) in [7, 11) is 1.81.